The van der Waals surface area contributed by atoms with Crippen molar-refractivity contribution in [3.8, 4) is 0 Å². The lowest BCUT2D eigenvalue weighted by Gasteiger charge is -2.11. The molecule has 2 aromatic rings. The minimum absolute atomic E-state index is 0.0429. The van der Waals surface area contributed by atoms with Crippen molar-refractivity contribution in [2.45, 2.75) is 0 Å². The van der Waals surface area contributed by atoms with Gasteiger partial charge in [0.05, 0.1) is 15.4 Å². The lowest BCUT2D eigenvalue weighted by atomic mass is 9.96. The second-order valence-corrected chi connectivity index (χ2v) is 8.23. The molecular weight excluding hydrogens is 628 g/mol. The molecule has 2 rings (SSSR count). The summed E-state index contributed by atoms with van der Waals surface area (Å²) in [5.41, 5.74) is -3.33. The zero-order chi connectivity index (χ0) is 20.6. The van der Waals surface area contributed by atoms with Gasteiger partial charge >= 0.3 is 5.97 Å². The van der Waals surface area contributed by atoms with Crippen molar-refractivity contribution in [3.63, 3.8) is 0 Å². The van der Waals surface area contributed by atoms with Gasteiger partial charge in [0.15, 0.2) is 0 Å². The molecule has 1 N–H and O–H groups in total. The molecule has 0 aliphatic heterocycles. The minimum atomic E-state index is -1.72. The van der Waals surface area contributed by atoms with Crippen LogP contribution >= 0.6 is 63.7 Å². The molecule has 0 aliphatic carbocycles. The van der Waals surface area contributed by atoms with Crippen molar-refractivity contribution >= 4 is 86.8 Å². The molecule has 13 heteroatoms. The van der Waals surface area contributed by atoms with E-state index < -0.39 is 49.7 Å². The van der Waals surface area contributed by atoms with Gasteiger partial charge in [-0.05, 0) is 69.8 Å². The Kier molecular flexibility index (Phi) is 6.50. The molecule has 0 atom stereocenters. The smallest absolute Gasteiger partial charge is 0.343 e. The highest BCUT2D eigenvalue weighted by atomic mass is 79.9. The topological polar surface area (TPSA) is 141 Å². The van der Waals surface area contributed by atoms with Crippen molar-refractivity contribution in [2.24, 2.45) is 0 Å². The van der Waals surface area contributed by atoms with Gasteiger partial charge in [-0.3, -0.25) is 25.0 Å². The number of carbonyl (C=O) groups is 2. The quantitative estimate of drug-likeness (QED) is 0.262. The van der Waals surface area contributed by atoms with Crippen LogP contribution in [0.3, 0.4) is 0 Å². The molecule has 0 aliphatic rings. The summed E-state index contributed by atoms with van der Waals surface area (Å²) in [6, 6.07) is 3.13. The molecule has 27 heavy (non-hydrogen) atoms. The second-order valence-electron chi connectivity index (χ2n) is 4.87. The number of rotatable bonds is 5. The van der Waals surface area contributed by atoms with E-state index in [1.807, 2.05) is 0 Å². The molecule has 9 nitrogen and oxygen atoms in total. The summed E-state index contributed by atoms with van der Waals surface area (Å²) in [4.78, 5) is 45.5. The van der Waals surface area contributed by atoms with Crippen LogP contribution in [-0.4, -0.2) is 26.7 Å². The first-order chi connectivity index (χ1) is 12.5. The van der Waals surface area contributed by atoms with Crippen molar-refractivity contribution in [2.75, 3.05) is 0 Å². The molecule has 0 spiro atoms. The molecule has 0 saturated carbocycles. The SMILES string of the molecule is O=C(O)c1c([N+](=O)[O-])cc(Br)c(Br)c1C(=O)c1cc(Br)c(Br)cc1[N+](=O)[O-]. The van der Waals surface area contributed by atoms with Crippen molar-refractivity contribution in [1.82, 2.24) is 0 Å². The first kappa shape index (κ1) is 21.6. The van der Waals surface area contributed by atoms with Crippen molar-refractivity contribution in [3.05, 3.63) is 73.0 Å². The molecule has 140 valence electrons. The van der Waals surface area contributed by atoms with E-state index in [9.17, 15) is 34.9 Å². The summed E-state index contributed by atoms with van der Waals surface area (Å²) in [5, 5.41) is 32.0. The maximum Gasteiger partial charge on any atom is 0.343 e. The molecule has 0 bridgehead atoms. The predicted molar refractivity (Wildman–Crippen MR) is 107 cm³/mol. The van der Waals surface area contributed by atoms with Crippen molar-refractivity contribution < 1.29 is 24.5 Å². The number of carboxylic acids is 1. The molecule has 0 heterocycles. The van der Waals surface area contributed by atoms with Gasteiger partial charge in [0.1, 0.15) is 11.1 Å². The van der Waals surface area contributed by atoms with Gasteiger partial charge in [-0.2, -0.15) is 0 Å². The van der Waals surface area contributed by atoms with E-state index >= 15 is 0 Å². The summed E-state index contributed by atoms with van der Waals surface area (Å²) in [6.45, 7) is 0. The van der Waals surface area contributed by atoms with Crippen LogP contribution < -0.4 is 0 Å². The number of hydrogen-bond donors (Lipinski definition) is 1. The highest BCUT2D eigenvalue weighted by Crippen LogP contribution is 2.39. The number of aromatic carboxylic acids is 1. The summed E-state index contributed by atoms with van der Waals surface area (Å²) < 4.78 is 0.558. The lowest BCUT2D eigenvalue weighted by molar-refractivity contribution is -0.385. The first-order valence-corrected chi connectivity index (χ1v) is 9.72. The number of hydrogen-bond acceptors (Lipinski definition) is 6. The molecular formula is C14H4Br4N2O7. The molecule has 0 radical (unpaired) electrons. The minimum Gasteiger partial charge on any atom is -0.477 e. The standard InChI is InChI=1S/C14H4Br4N2O7/c15-5-1-4(8(19(24)25)2-6(5)16)13(21)11-10(14(22)23)9(20(26)27)3-7(17)12(11)18/h1-3H,(H,22,23). The largest absolute Gasteiger partial charge is 0.477 e. The number of nitro benzene ring substituents is 2. The Balaban J connectivity index is 2.93. The number of halogens is 4. The van der Waals surface area contributed by atoms with Crippen LogP contribution in [0.25, 0.3) is 0 Å². The average molecular weight is 632 g/mol. The van der Waals surface area contributed by atoms with E-state index in [0.717, 1.165) is 18.2 Å². The van der Waals surface area contributed by atoms with E-state index in [2.05, 4.69) is 63.7 Å². The Hall–Kier alpha value is -1.70. The highest BCUT2D eigenvalue weighted by molar-refractivity contribution is 9.13. The van der Waals surface area contributed by atoms with E-state index in [4.69, 9.17) is 0 Å². The van der Waals surface area contributed by atoms with Gasteiger partial charge in [0, 0.05) is 30.0 Å². The third kappa shape index (κ3) is 4.10. The van der Waals surface area contributed by atoms with E-state index in [-0.39, 0.29) is 8.95 Å². The Labute approximate surface area is 183 Å². The third-order valence-electron chi connectivity index (χ3n) is 3.32. The van der Waals surface area contributed by atoms with E-state index in [1.54, 1.807) is 0 Å². The summed E-state index contributed by atoms with van der Waals surface area (Å²) in [7, 11) is 0. The predicted octanol–water partition coefficient (Wildman–Crippen LogP) is 5.48. The molecule has 0 unspecified atom stereocenters. The van der Waals surface area contributed by atoms with Gasteiger partial charge in [0.2, 0.25) is 5.78 Å². The van der Waals surface area contributed by atoms with Crippen LogP contribution in [0.1, 0.15) is 26.3 Å². The van der Waals surface area contributed by atoms with E-state index in [1.165, 1.54) is 0 Å². The number of carbonyl (C=O) groups excluding carboxylic acids is 1. The van der Waals surface area contributed by atoms with Crippen LogP contribution in [0.4, 0.5) is 11.4 Å². The summed E-state index contributed by atoms with van der Waals surface area (Å²) >= 11 is 12.3. The van der Waals surface area contributed by atoms with Gasteiger partial charge in [-0.25, -0.2) is 4.79 Å². The Morgan fingerprint density at radius 3 is 1.78 bits per heavy atom. The fourth-order valence-corrected chi connectivity index (χ4v) is 3.77. The number of ketones is 1. The number of carboxylic acid groups (broad SMARTS) is 1. The van der Waals surface area contributed by atoms with Gasteiger partial charge in [-0.15, -0.1) is 0 Å². The second kappa shape index (κ2) is 8.12. The fraction of sp³-hybridized carbons (Fsp3) is 0. The van der Waals surface area contributed by atoms with Crippen molar-refractivity contribution in [1.29, 1.82) is 0 Å². The van der Waals surface area contributed by atoms with E-state index in [0.29, 0.717) is 8.95 Å². The Bertz CT molecular complexity index is 1040. The first-order valence-electron chi connectivity index (χ1n) is 6.55. The zero-order valence-corrected chi connectivity index (χ0v) is 18.9. The number of nitro groups is 2. The number of nitrogens with zero attached hydrogens (tertiary/aromatic N) is 2. The maximum absolute atomic E-state index is 13.0. The van der Waals surface area contributed by atoms with Gasteiger partial charge in [0.25, 0.3) is 11.4 Å². The monoisotopic (exact) mass is 628 g/mol. The molecule has 0 aromatic heterocycles. The lowest BCUT2D eigenvalue weighted by Crippen LogP contribution is -2.15. The maximum atomic E-state index is 13.0. The molecule has 2 aromatic carbocycles. The molecule has 0 saturated heterocycles. The zero-order valence-electron chi connectivity index (χ0n) is 12.5. The van der Waals surface area contributed by atoms with Gasteiger partial charge in [-0.1, -0.05) is 0 Å². The Morgan fingerprint density at radius 1 is 0.815 bits per heavy atom. The van der Waals surface area contributed by atoms with Crippen LogP contribution in [0.15, 0.2) is 36.1 Å². The number of benzene rings is 2. The molecule has 0 fully saturated rings. The normalized spacial score (nSPS) is 10.5. The van der Waals surface area contributed by atoms with Crippen LogP contribution in [-0.2, 0) is 0 Å². The molecule has 0 amide bonds. The highest BCUT2D eigenvalue weighted by Gasteiger charge is 2.34. The summed E-state index contributed by atoms with van der Waals surface area (Å²) in [5.74, 6) is -2.79. The average Bonchev–Trinajstić information content (AvgIpc) is 2.57. The fourth-order valence-electron chi connectivity index (χ4n) is 2.19. The Morgan fingerprint density at radius 2 is 1.30 bits per heavy atom. The van der Waals surface area contributed by atoms with Crippen LogP contribution in [0.2, 0.25) is 0 Å². The van der Waals surface area contributed by atoms with Crippen LogP contribution in [0, 0.1) is 20.2 Å². The third-order valence-corrected chi connectivity index (χ3v) is 7.14. The van der Waals surface area contributed by atoms with Crippen LogP contribution in [0.5, 0.6) is 0 Å². The van der Waals surface area contributed by atoms with Gasteiger partial charge < -0.3 is 5.11 Å². The summed E-state index contributed by atoms with van der Waals surface area (Å²) in [6.07, 6.45) is 0.